The first-order valence-corrected chi connectivity index (χ1v) is 7.54. The van der Waals surface area contributed by atoms with E-state index in [0.717, 1.165) is 43.1 Å². The Morgan fingerprint density at radius 3 is 3.17 bits per heavy atom. The van der Waals surface area contributed by atoms with Crippen molar-refractivity contribution >= 4 is 17.2 Å². The summed E-state index contributed by atoms with van der Waals surface area (Å²) in [6, 6.07) is 0.0102. The molecule has 1 aromatic rings. The summed E-state index contributed by atoms with van der Waals surface area (Å²) >= 11 is 1.67. The van der Waals surface area contributed by atoms with Gasteiger partial charge in [-0.1, -0.05) is 6.92 Å². The van der Waals surface area contributed by atoms with E-state index in [1.165, 1.54) is 0 Å². The first-order chi connectivity index (χ1) is 8.70. The van der Waals surface area contributed by atoms with Crippen LogP contribution in [0.2, 0.25) is 0 Å². The standard InChI is InChI=1S/C13H21N3OS/c1-3-12-16-11(8-18-12)9(2)15-13(17)10-5-4-6-14-7-10/h8-10,14H,3-7H2,1-2H3,(H,15,17). The number of aromatic nitrogens is 1. The molecule has 0 bridgehead atoms. The number of nitrogens with one attached hydrogen (secondary N) is 2. The van der Waals surface area contributed by atoms with Crippen molar-refractivity contribution in [2.45, 2.75) is 39.2 Å². The van der Waals surface area contributed by atoms with Crippen molar-refractivity contribution in [3.05, 3.63) is 16.1 Å². The molecule has 2 rings (SSSR count). The number of rotatable bonds is 4. The maximum Gasteiger partial charge on any atom is 0.224 e. The van der Waals surface area contributed by atoms with E-state index >= 15 is 0 Å². The zero-order valence-corrected chi connectivity index (χ0v) is 11.8. The lowest BCUT2D eigenvalue weighted by Gasteiger charge is -2.23. The highest BCUT2D eigenvalue weighted by atomic mass is 32.1. The maximum absolute atomic E-state index is 12.1. The number of carbonyl (C=O) groups is 1. The largest absolute Gasteiger partial charge is 0.348 e. The summed E-state index contributed by atoms with van der Waals surface area (Å²) in [5, 5.41) is 9.51. The molecule has 2 heterocycles. The van der Waals surface area contributed by atoms with Gasteiger partial charge in [-0.2, -0.15) is 0 Å². The number of nitrogens with zero attached hydrogens (tertiary/aromatic N) is 1. The Morgan fingerprint density at radius 2 is 2.56 bits per heavy atom. The van der Waals surface area contributed by atoms with Gasteiger partial charge in [0.2, 0.25) is 5.91 Å². The SMILES string of the molecule is CCc1nc(C(C)NC(=O)C2CCCNC2)cs1. The van der Waals surface area contributed by atoms with Gasteiger partial charge in [-0.3, -0.25) is 4.79 Å². The van der Waals surface area contributed by atoms with Gasteiger partial charge in [0.1, 0.15) is 0 Å². The molecular weight excluding hydrogens is 246 g/mol. The minimum Gasteiger partial charge on any atom is -0.348 e. The molecule has 0 spiro atoms. The molecule has 100 valence electrons. The number of piperidine rings is 1. The van der Waals surface area contributed by atoms with Crippen LogP contribution in [0.15, 0.2) is 5.38 Å². The highest BCUT2D eigenvalue weighted by Gasteiger charge is 2.22. The Labute approximate surface area is 112 Å². The predicted molar refractivity (Wildman–Crippen MR) is 73.6 cm³/mol. The van der Waals surface area contributed by atoms with Gasteiger partial charge < -0.3 is 10.6 Å². The Bertz CT molecular complexity index is 399. The minimum absolute atomic E-state index is 0.0102. The van der Waals surface area contributed by atoms with Crippen molar-refractivity contribution in [3.8, 4) is 0 Å². The zero-order valence-electron chi connectivity index (χ0n) is 11.0. The van der Waals surface area contributed by atoms with Crippen molar-refractivity contribution < 1.29 is 4.79 Å². The Hall–Kier alpha value is -0.940. The number of carbonyl (C=O) groups excluding carboxylic acids is 1. The predicted octanol–water partition coefficient (Wildman–Crippen LogP) is 1.88. The summed E-state index contributed by atoms with van der Waals surface area (Å²) in [6.45, 7) is 5.93. The monoisotopic (exact) mass is 267 g/mol. The molecular formula is C13H21N3OS. The lowest BCUT2D eigenvalue weighted by atomic mass is 9.98. The van der Waals surface area contributed by atoms with E-state index in [2.05, 4.69) is 22.5 Å². The second kappa shape index (κ2) is 6.29. The summed E-state index contributed by atoms with van der Waals surface area (Å²) in [4.78, 5) is 16.6. The van der Waals surface area contributed by atoms with Crippen molar-refractivity contribution in [1.29, 1.82) is 0 Å². The van der Waals surface area contributed by atoms with E-state index in [-0.39, 0.29) is 17.9 Å². The Kier molecular flexibility index (Phi) is 4.72. The first kappa shape index (κ1) is 13.5. The van der Waals surface area contributed by atoms with Crippen LogP contribution in [-0.4, -0.2) is 24.0 Å². The molecule has 1 amide bonds. The Balaban J connectivity index is 1.89. The first-order valence-electron chi connectivity index (χ1n) is 6.66. The van der Waals surface area contributed by atoms with E-state index in [9.17, 15) is 4.79 Å². The third-order valence-electron chi connectivity index (χ3n) is 3.34. The number of aryl methyl sites for hydroxylation is 1. The van der Waals surface area contributed by atoms with Gasteiger partial charge in [-0.15, -0.1) is 11.3 Å². The fourth-order valence-electron chi connectivity index (χ4n) is 2.17. The summed E-state index contributed by atoms with van der Waals surface area (Å²) in [7, 11) is 0. The van der Waals surface area contributed by atoms with Gasteiger partial charge in [0.05, 0.1) is 22.7 Å². The van der Waals surface area contributed by atoms with Crippen molar-refractivity contribution in [3.63, 3.8) is 0 Å². The van der Waals surface area contributed by atoms with Gasteiger partial charge in [0.25, 0.3) is 0 Å². The van der Waals surface area contributed by atoms with Crippen molar-refractivity contribution in [2.75, 3.05) is 13.1 Å². The van der Waals surface area contributed by atoms with E-state index in [4.69, 9.17) is 0 Å². The average molecular weight is 267 g/mol. The second-order valence-corrected chi connectivity index (χ2v) is 5.74. The fourth-order valence-corrected chi connectivity index (χ4v) is 3.01. The molecule has 1 saturated heterocycles. The molecule has 1 aromatic heterocycles. The summed E-state index contributed by atoms with van der Waals surface area (Å²) in [5.74, 6) is 0.270. The second-order valence-electron chi connectivity index (χ2n) is 4.79. The van der Waals surface area contributed by atoms with Crippen LogP contribution in [0.3, 0.4) is 0 Å². The molecule has 0 radical (unpaired) electrons. The number of hydrogen-bond donors (Lipinski definition) is 2. The number of hydrogen-bond acceptors (Lipinski definition) is 4. The summed E-state index contributed by atoms with van der Waals surface area (Å²) in [6.07, 6.45) is 3.03. The van der Waals surface area contributed by atoms with Crippen LogP contribution in [0.25, 0.3) is 0 Å². The number of thiazole rings is 1. The fraction of sp³-hybridized carbons (Fsp3) is 0.692. The van der Waals surface area contributed by atoms with Crippen molar-refractivity contribution in [1.82, 2.24) is 15.6 Å². The molecule has 1 aliphatic rings. The van der Waals surface area contributed by atoms with Crippen LogP contribution >= 0.6 is 11.3 Å². The molecule has 2 unspecified atom stereocenters. The molecule has 1 aliphatic heterocycles. The van der Waals surface area contributed by atoms with Gasteiger partial charge in [-0.25, -0.2) is 4.98 Å². The molecule has 2 N–H and O–H groups in total. The van der Waals surface area contributed by atoms with Gasteiger partial charge in [-0.05, 0) is 32.7 Å². The molecule has 5 heteroatoms. The lowest BCUT2D eigenvalue weighted by molar-refractivity contribution is -0.126. The third kappa shape index (κ3) is 3.29. The highest BCUT2D eigenvalue weighted by molar-refractivity contribution is 7.09. The van der Waals surface area contributed by atoms with Crippen LogP contribution < -0.4 is 10.6 Å². The van der Waals surface area contributed by atoms with Crippen LogP contribution in [-0.2, 0) is 11.2 Å². The normalized spacial score (nSPS) is 21.6. The quantitative estimate of drug-likeness (QED) is 0.876. The zero-order chi connectivity index (χ0) is 13.0. The van der Waals surface area contributed by atoms with Crippen LogP contribution in [0.1, 0.15) is 43.4 Å². The third-order valence-corrected chi connectivity index (χ3v) is 4.35. The molecule has 18 heavy (non-hydrogen) atoms. The smallest absolute Gasteiger partial charge is 0.224 e. The van der Waals surface area contributed by atoms with Crippen molar-refractivity contribution in [2.24, 2.45) is 5.92 Å². The van der Waals surface area contributed by atoms with Crippen LogP contribution in [0.5, 0.6) is 0 Å². The molecule has 2 atom stereocenters. The van der Waals surface area contributed by atoms with E-state index in [1.54, 1.807) is 11.3 Å². The number of amides is 1. The molecule has 0 saturated carbocycles. The topological polar surface area (TPSA) is 54.0 Å². The minimum atomic E-state index is 0.0102. The molecule has 0 aliphatic carbocycles. The molecule has 4 nitrogen and oxygen atoms in total. The summed E-state index contributed by atoms with van der Waals surface area (Å²) in [5.41, 5.74) is 0.981. The molecule has 0 aromatic carbocycles. The van der Waals surface area contributed by atoms with Crippen LogP contribution in [0.4, 0.5) is 0 Å². The summed E-state index contributed by atoms with van der Waals surface area (Å²) < 4.78 is 0. The van der Waals surface area contributed by atoms with Gasteiger partial charge in [0.15, 0.2) is 0 Å². The van der Waals surface area contributed by atoms with Gasteiger partial charge in [0, 0.05) is 11.9 Å². The highest BCUT2D eigenvalue weighted by Crippen LogP contribution is 2.18. The average Bonchev–Trinajstić information content (AvgIpc) is 2.88. The van der Waals surface area contributed by atoms with E-state index in [1.807, 2.05) is 12.3 Å². The molecule has 1 fully saturated rings. The van der Waals surface area contributed by atoms with E-state index < -0.39 is 0 Å². The van der Waals surface area contributed by atoms with Gasteiger partial charge >= 0.3 is 0 Å². The van der Waals surface area contributed by atoms with Crippen LogP contribution in [0, 0.1) is 5.92 Å². The van der Waals surface area contributed by atoms with E-state index in [0.29, 0.717) is 0 Å². The Morgan fingerprint density at radius 1 is 1.72 bits per heavy atom. The lowest BCUT2D eigenvalue weighted by Crippen LogP contribution is -2.41. The maximum atomic E-state index is 12.1.